The number of hydrogen-bond acceptors (Lipinski definition) is 1. The van der Waals surface area contributed by atoms with Gasteiger partial charge in [-0.15, -0.1) is 0 Å². The molecular formula is C40H27N. The molecule has 0 N–H and O–H groups in total. The van der Waals surface area contributed by atoms with Crippen LogP contribution in [0.1, 0.15) is 27.8 Å². The van der Waals surface area contributed by atoms with E-state index >= 15 is 0 Å². The third-order valence-corrected chi connectivity index (χ3v) is 9.23. The average molecular weight is 522 g/mol. The van der Waals surface area contributed by atoms with Crippen LogP contribution >= 0.6 is 0 Å². The molecule has 1 aliphatic carbocycles. The van der Waals surface area contributed by atoms with Gasteiger partial charge in [0.1, 0.15) is 0 Å². The van der Waals surface area contributed by atoms with E-state index in [9.17, 15) is 0 Å². The minimum atomic E-state index is -0.441. The summed E-state index contributed by atoms with van der Waals surface area (Å²) in [5, 5.41) is 5.03. The second kappa shape index (κ2) is 8.19. The van der Waals surface area contributed by atoms with Crippen molar-refractivity contribution >= 4 is 38.6 Å². The minimum absolute atomic E-state index is 0.441. The number of benzene rings is 7. The predicted molar refractivity (Wildman–Crippen MR) is 172 cm³/mol. The van der Waals surface area contributed by atoms with Gasteiger partial charge in [-0.25, -0.2) is 0 Å². The summed E-state index contributed by atoms with van der Waals surface area (Å²) in [7, 11) is 0. The van der Waals surface area contributed by atoms with Gasteiger partial charge in [0, 0.05) is 5.69 Å². The fourth-order valence-electron chi connectivity index (χ4n) is 7.54. The summed E-state index contributed by atoms with van der Waals surface area (Å²) >= 11 is 0. The van der Waals surface area contributed by atoms with Crippen LogP contribution in [0, 0.1) is 6.92 Å². The number of rotatable bonds is 1. The summed E-state index contributed by atoms with van der Waals surface area (Å²) in [5.41, 5.74) is 12.6. The van der Waals surface area contributed by atoms with Crippen molar-refractivity contribution < 1.29 is 0 Å². The molecule has 1 heterocycles. The maximum absolute atomic E-state index is 2.49. The van der Waals surface area contributed by atoms with Gasteiger partial charge < -0.3 is 4.90 Å². The Morgan fingerprint density at radius 3 is 1.56 bits per heavy atom. The molecule has 0 radical (unpaired) electrons. The molecule has 0 amide bonds. The van der Waals surface area contributed by atoms with Crippen LogP contribution in [0.3, 0.4) is 0 Å². The van der Waals surface area contributed by atoms with E-state index in [4.69, 9.17) is 0 Å². The molecule has 0 fully saturated rings. The van der Waals surface area contributed by atoms with Gasteiger partial charge in [-0.05, 0) is 98.2 Å². The Morgan fingerprint density at radius 1 is 0.415 bits per heavy atom. The summed E-state index contributed by atoms with van der Waals surface area (Å²) in [5.74, 6) is 0. The topological polar surface area (TPSA) is 3.24 Å². The first-order valence-corrected chi connectivity index (χ1v) is 14.4. The highest BCUT2D eigenvalue weighted by Gasteiger charge is 2.52. The monoisotopic (exact) mass is 521 g/mol. The van der Waals surface area contributed by atoms with E-state index in [2.05, 4.69) is 157 Å². The number of nitrogens with zero attached hydrogens (tertiary/aromatic N) is 1. The lowest BCUT2D eigenvalue weighted by Crippen LogP contribution is -2.36. The Balaban J connectivity index is 1.53. The van der Waals surface area contributed by atoms with Gasteiger partial charge in [-0.2, -0.15) is 0 Å². The van der Waals surface area contributed by atoms with E-state index < -0.39 is 5.41 Å². The second-order valence-corrected chi connectivity index (χ2v) is 11.4. The normalized spacial score (nSPS) is 14.1. The highest BCUT2D eigenvalue weighted by molar-refractivity contribution is 6.03. The molecule has 0 aromatic heterocycles. The first-order chi connectivity index (χ1) is 20.2. The lowest BCUT2D eigenvalue weighted by Gasteiger charge is -2.45. The van der Waals surface area contributed by atoms with E-state index in [0.29, 0.717) is 0 Å². The zero-order valence-electron chi connectivity index (χ0n) is 22.8. The molecule has 0 unspecified atom stereocenters. The molecule has 1 spiro atoms. The lowest BCUT2D eigenvalue weighted by atomic mass is 9.64. The van der Waals surface area contributed by atoms with E-state index in [1.807, 2.05) is 0 Å². The van der Waals surface area contributed by atoms with Gasteiger partial charge in [0.25, 0.3) is 0 Å². The smallest absolute Gasteiger partial charge is 0.0754 e. The molecule has 0 atom stereocenters. The Labute approximate surface area is 240 Å². The lowest BCUT2D eigenvalue weighted by molar-refractivity contribution is 0.755. The number of aryl methyl sites for hydroxylation is 1. The van der Waals surface area contributed by atoms with Crippen molar-refractivity contribution in [2.24, 2.45) is 0 Å². The Hall–Kier alpha value is -5.14. The largest absolute Gasteiger partial charge is 0.310 e. The van der Waals surface area contributed by atoms with E-state index in [0.717, 1.165) is 0 Å². The van der Waals surface area contributed by atoms with E-state index in [1.54, 1.807) is 0 Å². The van der Waals surface area contributed by atoms with Crippen LogP contribution < -0.4 is 4.90 Å². The molecule has 0 saturated heterocycles. The van der Waals surface area contributed by atoms with E-state index in [-0.39, 0.29) is 0 Å². The van der Waals surface area contributed by atoms with Crippen molar-refractivity contribution in [3.05, 3.63) is 173 Å². The van der Waals surface area contributed by atoms with Gasteiger partial charge >= 0.3 is 0 Å². The fourth-order valence-corrected chi connectivity index (χ4v) is 7.54. The Bertz CT molecular complexity index is 2090. The number of fused-ring (bicyclic) bond motifs is 11. The van der Waals surface area contributed by atoms with E-state index in [1.165, 1.54) is 77.6 Å². The quantitative estimate of drug-likeness (QED) is 0.208. The molecule has 0 bridgehead atoms. The molecule has 41 heavy (non-hydrogen) atoms. The number of anilines is 3. The zero-order chi connectivity index (χ0) is 27.1. The van der Waals surface area contributed by atoms with Gasteiger partial charge in [0.05, 0.1) is 16.8 Å². The molecule has 9 rings (SSSR count). The zero-order valence-corrected chi connectivity index (χ0v) is 22.8. The van der Waals surface area contributed by atoms with Gasteiger partial charge in [-0.3, -0.25) is 0 Å². The van der Waals surface area contributed by atoms with Crippen molar-refractivity contribution in [2.45, 2.75) is 12.3 Å². The Kier molecular flexibility index (Phi) is 4.52. The predicted octanol–water partition coefficient (Wildman–Crippen LogP) is 10.4. The fraction of sp³-hybridized carbons (Fsp3) is 0.0500. The summed E-state index contributed by atoms with van der Waals surface area (Å²) in [6.07, 6.45) is 0. The molecule has 7 aromatic rings. The standard InChI is InChI=1S/C40H27N/c1-26-19-20-35-33(21-26)32-17-9-10-18-34(32)40(35)36-22-27-11-5-7-13-29(27)24-38(36)41(31-15-3-2-4-16-31)39-25-30-14-8-6-12-28(30)23-37(39)40/h2-25H,1H3. The van der Waals surface area contributed by atoms with Crippen molar-refractivity contribution in [1.82, 2.24) is 0 Å². The van der Waals surface area contributed by atoms with Crippen LogP contribution in [0.25, 0.3) is 32.7 Å². The van der Waals surface area contributed by atoms with Crippen molar-refractivity contribution in [3.8, 4) is 11.1 Å². The van der Waals surface area contributed by atoms with Gasteiger partial charge in [0.2, 0.25) is 0 Å². The molecule has 192 valence electrons. The highest BCUT2D eigenvalue weighted by Crippen LogP contribution is 2.64. The Morgan fingerprint density at radius 2 is 0.927 bits per heavy atom. The average Bonchev–Trinajstić information content (AvgIpc) is 3.30. The van der Waals surface area contributed by atoms with Crippen LogP contribution in [0.5, 0.6) is 0 Å². The molecule has 1 heteroatoms. The first kappa shape index (κ1) is 22.7. The number of para-hydroxylation sites is 1. The highest BCUT2D eigenvalue weighted by atomic mass is 15.2. The van der Waals surface area contributed by atoms with Crippen molar-refractivity contribution in [2.75, 3.05) is 4.90 Å². The van der Waals surface area contributed by atoms with Crippen LogP contribution in [0.15, 0.2) is 146 Å². The SMILES string of the molecule is Cc1ccc2c(c1)-c1ccccc1C21c2cc3ccccc3cc2N(c2ccccc2)c2cc3ccccc3cc21. The van der Waals surface area contributed by atoms with Crippen molar-refractivity contribution in [3.63, 3.8) is 0 Å². The van der Waals surface area contributed by atoms with Gasteiger partial charge in [0.15, 0.2) is 0 Å². The first-order valence-electron chi connectivity index (χ1n) is 14.4. The summed E-state index contributed by atoms with van der Waals surface area (Å²) in [4.78, 5) is 2.49. The maximum atomic E-state index is 2.49. The summed E-state index contributed by atoms with van der Waals surface area (Å²) in [6, 6.07) is 54.3. The minimum Gasteiger partial charge on any atom is -0.310 e. The molecule has 0 saturated carbocycles. The van der Waals surface area contributed by atoms with Crippen LogP contribution in [0.2, 0.25) is 0 Å². The number of hydrogen-bond donors (Lipinski definition) is 0. The van der Waals surface area contributed by atoms with Crippen molar-refractivity contribution in [1.29, 1.82) is 0 Å². The van der Waals surface area contributed by atoms with Gasteiger partial charge in [-0.1, -0.05) is 115 Å². The van der Waals surface area contributed by atoms with Crippen LogP contribution in [-0.2, 0) is 5.41 Å². The molecule has 2 aliphatic rings. The third kappa shape index (κ3) is 2.96. The molecule has 1 nitrogen and oxygen atoms in total. The van der Waals surface area contributed by atoms with Crippen LogP contribution in [-0.4, -0.2) is 0 Å². The molecule has 7 aromatic carbocycles. The van der Waals surface area contributed by atoms with Crippen LogP contribution in [0.4, 0.5) is 17.1 Å². The summed E-state index contributed by atoms with van der Waals surface area (Å²) in [6.45, 7) is 2.20. The molecular weight excluding hydrogens is 494 g/mol. The second-order valence-electron chi connectivity index (χ2n) is 11.4. The third-order valence-electron chi connectivity index (χ3n) is 9.23. The maximum Gasteiger partial charge on any atom is 0.0754 e. The summed E-state index contributed by atoms with van der Waals surface area (Å²) < 4.78 is 0. The molecule has 1 aliphatic heterocycles.